The molecule has 0 spiro atoms. The molecule has 0 heterocycles. The van der Waals surface area contributed by atoms with Crippen LogP contribution >= 0.6 is 0 Å². The topological polar surface area (TPSA) is 70.9 Å². The molecule has 0 fully saturated rings. The molecular formula is C16H24N2O3. The molecule has 0 radical (unpaired) electrons. The van der Waals surface area contributed by atoms with Gasteiger partial charge in [0.05, 0.1) is 5.71 Å². The van der Waals surface area contributed by atoms with Crippen LogP contribution in [0.2, 0.25) is 0 Å². The van der Waals surface area contributed by atoms with Gasteiger partial charge in [-0.1, -0.05) is 38.1 Å². The van der Waals surface area contributed by atoms with E-state index in [4.69, 9.17) is 9.94 Å². The van der Waals surface area contributed by atoms with Crippen molar-refractivity contribution in [1.29, 1.82) is 0 Å². The van der Waals surface area contributed by atoms with Crippen LogP contribution < -0.4 is 10.1 Å². The lowest BCUT2D eigenvalue weighted by atomic mass is 10.1. The highest BCUT2D eigenvalue weighted by molar-refractivity contribution is 6.02. The van der Waals surface area contributed by atoms with Crippen molar-refractivity contribution in [1.82, 2.24) is 5.32 Å². The largest absolute Gasteiger partial charge is 0.483 e. The van der Waals surface area contributed by atoms with Gasteiger partial charge in [0.25, 0.3) is 5.91 Å². The Hall–Kier alpha value is -2.04. The molecular weight excluding hydrogens is 268 g/mol. The highest BCUT2D eigenvalue weighted by Gasteiger charge is 2.13. The molecule has 116 valence electrons. The standard InChI is InChI=1S/C16H24N2O3/c1-5-14(18-20)13-8-6-7-9-15(13)21-10-16(19)17-12(4)11(2)3/h6-9,11-12,20H,5,10H2,1-4H3,(H,17,19). The molecule has 0 aromatic heterocycles. The number of amides is 1. The van der Waals surface area contributed by atoms with Gasteiger partial charge in [-0.3, -0.25) is 4.79 Å². The first-order valence-corrected chi connectivity index (χ1v) is 7.22. The number of hydrogen-bond acceptors (Lipinski definition) is 4. The molecule has 1 unspecified atom stereocenters. The highest BCUT2D eigenvalue weighted by atomic mass is 16.5. The third-order valence-electron chi connectivity index (χ3n) is 3.40. The van der Waals surface area contributed by atoms with E-state index in [0.29, 0.717) is 29.4 Å². The van der Waals surface area contributed by atoms with Crippen LogP contribution in [0.15, 0.2) is 29.4 Å². The minimum absolute atomic E-state index is 0.0590. The van der Waals surface area contributed by atoms with E-state index in [9.17, 15) is 4.79 Å². The zero-order valence-electron chi connectivity index (χ0n) is 13.1. The molecule has 0 aliphatic carbocycles. The van der Waals surface area contributed by atoms with Crippen LogP contribution in [-0.4, -0.2) is 29.5 Å². The number of ether oxygens (including phenoxy) is 1. The highest BCUT2D eigenvalue weighted by Crippen LogP contribution is 2.20. The van der Waals surface area contributed by atoms with Crippen molar-refractivity contribution in [3.63, 3.8) is 0 Å². The van der Waals surface area contributed by atoms with Gasteiger partial charge in [-0.05, 0) is 31.4 Å². The van der Waals surface area contributed by atoms with E-state index < -0.39 is 0 Å². The van der Waals surface area contributed by atoms with E-state index in [1.807, 2.05) is 45.9 Å². The Bertz CT molecular complexity index is 498. The SMILES string of the molecule is CCC(=NO)c1ccccc1OCC(=O)NC(C)C(C)C. The molecule has 1 aromatic rings. The number of nitrogens with one attached hydrogen (secondary N) is 1. The maximum absolute atomic E-state index is 11.8. The Kier molecular flexibility index (Phi) is 6.72. The summed E-state index contributed by atoms with van der Waals surface area (Å²) in [5.41, 5.74) is 1.23. The Labute approximate surface area is 126 Å². The minimum atomic E-state index is -0.162. The molecule has 0 saturated carbocycles. The lowest BCUT2D eigenvalue weighted by Crippen LogP contribution is -2.39. The molecule has 1 atom stereocenters. The summed E-state index contributed by atoms with van der Waals surface area (Å²) in [7, 11) is 0. The summed E-state index contributed by atoms with van der Waals surface area (Å²) in [5, 5.41) is 15.2. The number of hydrogen-bond donors (Lipinski definition) is 2. The van der Waals surface area contributed by atoms with Gasteiger partial charge in [0.15, 0.2) is 6.61 Å². The molecule has 5 heteroatoms. The molecule has 0 aliphatic heterocycles. The van der Waals surface area contributed by atoms with E-state index in [1.165, 1.54) is 0 Å². The van der Waals surface area contributed by atoms with Crippen LogP contribution in [-0.2, 0) is 4.79 Å². The molecule has 5 nitrogen and oxygen atoms in total. The molecule has 0 aliphatic rings. The van der Waals surface area contributed by atoms with Crippen LogP contribution in [0.4, 0.5) is 0 Å². The molecule has 1 rings (SSSR count). The van der Waals surface area contributed by atoms with Gasteiger partial charge in [-0.25, -0.2) is 0 Å². The monoisotopic (exact) mass is 292 g/mol. The number of oxime groups is 1. The predicted octanol–water partition coefficient (Wildman–Crippen LogP) is 2.81. The normalized spacial score (nSPS) is 13.1. The molecule has 21 heavy (non-hydrogen) atoms. The maximum atomic E-state index is 11.8. The van der Waals surface area contributed by atoms with Crippen molar-refractivity contribution in [3.05, 3.63) is 29.8 Å². The second-order valence-corrected chi connectivity index (χ2v) is 5.29. The van der Waals surface area contributed by atoms with Crippen molar-refractivity contribution >= 4 is 11.6 Å². The van der Waals surface area contributed by atoms with Crippen LogP contribution in [0.3, 0.4) is 0 Å². The Morgan fingerprint density at radius 2 is 2.00 bits per heavy atom. The zero-order valence-corrected chi connectivity index (χ0v) is 13.1. The number of nitrogens with zero attached hydrogens (tertiary/aromatic N) is 1. The lowest BCUT2D eigenvalue weighted by Gasteiger charge is -2.18. The Morgan fingerprint density at radius 1 is 1.33 bits per heavy atom. The third kappa shape index (κ3) is 5.10. The van der Waals surface area contributed by atoms with Crippen molar-refractivity contribution < 1.29 is 14.7 Å². The lowest BCUT2D eigenvalue weighted by molar-refractivity contribution is -0.124. The first-order chi connectivity index (χ1) is 9.99. The fraction of sp³-hybridized carbons (Fsp3) is 0.500. The van der Waals surface area contributed by atoms with Crippen molar-refractivity contribution in [3.8, 4) is 5.75 Å². The molecule has 1 amide bonds. The summed E-state index contributed by atoms with van der Waals surface area (Å²) in [4.78, 5) is 11.8. The number of rotatable bonds is 7. The second kappa shape index (κ2) is 8.29. The molecule has 2 N–H and O–H groups in total. The minimum Gasteiger partial charge on any atom is -0.483 e. The smallest absolute Gasteiger partial charge is 0.258 e. The fourth-order valence-corrected chi connectivity index (χ4v) is 1.75. The van der Waals surface area contributed by atoms with Gasteiger partial charge < -0.3 is 15.3 Å². The van der Waals surface area contributed by atoms with Gasteiger partial charge in [0, 0.05) is 11.6 Å². The summed E-state index contributed by atoms with van der Waals surface area (Å²) >= 11 is 0. The molecule has 1 aromatic carbocycles. The van der Waals surface area contributed by atoms with Gasteiger partial charge in [0.1, 0.15) is 5.75 Å². The van der Waals surface area contributed by atoms with Crippen LogP contribution in [0.1, 0.15) is 39.7 Å². The predicted molar refractivity (Wildman–Crippen MR) is 83.0 cm³/mol. The quantitative estimate of drug-likeness (QED) is 0.461. The number of carbonyl (C=O) groups excluding carboxylic acids is 1. The summed E-state index contributed by atoms with van der Waals surface area (Å²) in [6.45, 7) is 7.89. The molecule has 0 bridgehead atoms. The zero-order chi connectivity index (χ0) is 15.8. The average Bonchev–Trinajstić information content (AvgIpc) is 2.47. The van der Waals surface area contributed by atoms with E-state index in [1.54, 1.807) is 6.07 Å². The van der Waals surface area contributed by atoms with Crippen LogP contribution in [0.5, 0.6) is 5.75 Å². The Morgan fingerprint density at radius 3 is 2.57 bits per heavy atom. The van der Waals surface area contributed by atoms with Gasteiger partial charge in [-0.2, -0.15) is 0 Å². The van der Waals surface area contributed by atoms with Crippen LogP contribution in [0, 0.1) is 5.92 Å². The molecule has 0 saturated heterocycles. The van der Waals surface area contributed by atoms with E-state index in [0.717, 1.165) is 0 Å². The number of carbonyl (C=O) groups is 1. The average molecular weight is 292 g/mol. The maximum Gasteiger partial charge on any atom is 0.258 e. The van der Waals surface area contributed by atoms with E-state index in [2.05, 4.69) is 10.5 Å². The summed E-state index contributed by atoms with van der Waals surface area (Å²) in [6.07, 6.45) is 0.577. The van der Waals surface area contributed by atoms with Gasteiger partial charge >= 0.3 is 0 Å². The second-order valence-electron chi connectivity index (χ2n) is 5.29. The van der Waals surface area contributed by atoms with E-state index in [-0.39, 0.29) is 18.6 Å². The third-order valence-corrected chi connectivity index (χ3v) is 3.40. The first-order valence-electron chi connectivity index (χ1n) is 7.22. The van der Waals surface area contributed by atoms with Crippen molar-refractivity contribution in [2.45, 2.75) is 40.2 Å². The van der Waals surface area contributed by atoms with Crippen molar-refractivity contribution in [2.24, 2.45) is 11.1 Å². The van der Waals surface area contributed by atoms with E-state index >= 15 is 0 Å². The van der Waals surface area contributed by atoms with Gasteiger partial charge in [-0.15, -0.1) is 0 Å². The number of benzene rings is 1. The fourth-order valence-electron chi connectivity index (χ4n) is 1.75. The number of para-hydroxylation sites is 1. The summed E-state index contributed by atoms with van der Waals surface area (Å²) < 4.78 is 5.56. The van der Waals surface area contributed by atoms with Crippen molar-refractivity contribution in [2.75, 3.05) is 6.61 Å². The Balaban J connectivity index is 2.70. The van der Waals surface area contributed by atoms with Crippen LogP contribution in [0.25, 0.3) is 0 Å². The first kappa shape index (κ1) is 17.0. The summed E-state index contributed by atoms with van der Waals surface area (Å²) in [6, 6.07) is 7.32. The summed E-state index contributed by atoms with van der Waals surface area (Å²) in [5.74, 6) is 0.749. The van der Waals surface area contributed by atoms with Gasteiger partial charge in [0.2, 0.25) is 0 Å².